The summed E-state index contributed by atoms with van der Waals surface area (Å²) < 4.78 is 6.76. The van der Waals surface area contributed by atoms with Crippen molar-refractivity contribution in [3.63, 3.8) is 0 Å². The lowest BCUT2D eigenvalue weighted by atomic mass is 9.98. The molecule has 0 saturated carbocycles. The third-order valence-corrected chi connectivity index (χ3v) is 4.72. The molecule has 2 atom stereocenters. The first-order chi connectivity index (χ1) is 12.4. The van der Waals surface area contributed by atoms with Gasteiger partial charge in [-0.3, -0.25) is 0 Å². The highest BCUT2D eigenvalue weighted by atomic mass is 16.5. The molecule has 2 unspecified atom stereocenters. The predicted molar refractivity (Wildman–Crippen MR) is 103 cm³/mol. The van der Waals surface area contributed by atoms with Crippen LogP contribution in [-0.4, -0.2) is 0 Å². The van der Waals surface area contributed by atoms with E-state index in [1.54, 1.807) is 0 Å². The summed E-state index contributed by atoms with van der Waals surface area (Å²) in [7, 11) is 0. The van der Waals surface area contributed by atoms with Gasteiger partial charge in [-0.25, -0.2) is 0 Å². The lowest BCUT2D eigenvalue weighted by Gasteiger charge is -2.27. The Labute approximate surface area is 149 Å². The van der Waals surface area contributed by atoms with Gasteiger partial charge in [0, 0.05) is 0 Å². The maximum Gasteiger partial charge on any atom is 0.109 e. The molecule has 2 aromatic rings. The van der Waals surface area contributed by atoms with Gasteiger partial charge in [-0.1, -0.05) is 97.1 Å². The van der Waals surface area contributed by atoms with E-state index in [0.717, 1.165) is 12.8 Å². The third-order valence-electron chi connectivity index (χ3n) is 4.72. The lowest BCUT2D eigenvalue weighted by molar-refractivity contribution is 0.0273. The minimum atomic E-state index is -0.0494. The first-order valence-electron chi connectivity index (χ1n) is 8.89. The van der Waals surface area contributed by atoms with E-state index in [4.69, 9.17) is 4.74 Å². The van der Waals surface area contributed by atoms with Crippen LogP contribution >= 0.6 is 0 Å². The molecule has 0 fully saturated rings. The van der Waals surface area contributed by atoms with E-state index >= 15 is 0 Å². The lowest BCUT2D eigenvalue weighted by Crippen LogP contribution is -2.13. The summed E-state index contributed by atoms with van der Waals surface area (Å²) in [6.45, 7) is 0. The number of ether oxygens (including phenoxy) is 1. The van der Waals surface area contributed by atoms with E-state index in [-0.39, 0.29) is 12.2 Å². The molecule has 4 rings (SSSR count). The monoisotopic (exact) mass is 326 g/mol. The van der Waals surface area contributed by atoms with Gasteiger partial charge >= 0.3 is 0 Å². The molecule has 0 aliphatic heterocycles. The highest BCUT2D eigenvalue weighted by Gasteiger charge is 2.25. The van der Waals surface area contributed by atoms with Crippen molar-refractivity contribution in [1.82, 2.24) is 0 Å². The number of hydrogen-bond donors (Lipinski definition) is 0. The van der Waals surface area contributed by atoms with Crippen molar-refractivity contribution in [2.75, 3.05) is 0 Å². The maximum atomic E-state index is 6.76. The van der Waals surface area contributed by atoms with Gasteiger partial charge in [-0.05, 0) is 35.1 Å². The third kappa shape index (κ3) is 3.57. The van der Waals surface area contributed by atoms with Gasteiger partial charge in [0.25, 0.3) is 0 Å². The number of rotatable bonds is 6. The molecule has 124 valence electrons. The molecule has 0 amide bonds. The Bertz CT molecular complexity index is 825. The van der Waals surface area contributed by atoms with Crippen molar-refractivity contribution in [3.8, 4) is 0 Å². The summed E-state index contributed by atoms with van der Waals surface area (Å²) in [4.78, 5) is 0. The van der Waals surface area contributed by atoms with Crippen LogP contribution in [0.5, 0.6) is 0 Å². The molecule has 25 heavy (non-hydrogen) atoms. The Morgan fingerprint density at radius 2 is 1.44 bits per heavy atom. The second-order valence-electron chi connectivity index (χ2n) is 6.43. The Balaban J connectivity index is 1.69. The largest absolute Gasteiger partial charge is 0.356 e. The minimum Gasteiger partial charge on any atom is -0.356 e. The summed E-state index contributed by atoms with van der Waals surface area (Å²) in [5, 5.41) is 0. The van der Waals surface area contributed by atoms with E-state index in [9.17, 15) is 0 Å². The van der Waals surface area contributed by atoms with Gasteiger partial charge in [0.15, 0.2) is 0 Å². The van der Waals surface area contributed by atoms with Crippen LogP contribution in [0.4, 0.5) is 0 Å². The highest BCUT2D eigenvalue weighted by molar-refractivity contribution is 5.38. The molecule has 0 saturated heterocycles. The van der Waals surface area contributed by atoms with Crippen molar-refractivity contribution < 1.29 is 4.74 Å². The molecule has 0 spiro atoms. The van der Waals surface area contributed by atoms with E-state index in [1.165, 1.54) is 22.3 Å². The molecule has 1 heteroatoms. The van der Waals surface area contributed by atoms with Gasteiger partial charge in [-0.15, -0.1) is 0 Å². The van der Waals surface area contributed by atoms with Crippen LogP contribution < -0.4 is 0 Å². The van der Waals surface area contributed by atoms with Gasteiger partial charge in [0.05, 0.1) is 0 Å². The zero-order valence-corrected chi connectivity index (χ0v) is 14.2. The topological polar surface area (TPSA) is 9.23 Å². The molecule has 2 aliphatic carbocycles. The van der Waals surface area contributed by atoms with E-state index in [1.807, 2.05) is 0 Å². The second kappa shape index (κ2) is 7.50. The zero-order chi connectivity index (χ0) is 16.9. The minimum absolute atomic E-state index is 0.0312. The van der Waals surface area contributed by atoms with Gasteiger partial charge in [0.2, 0.25) is 0 Å². The maximum absolute atomic E-state index is 6.76. The Kier molecular flexibility index (Phi) is 4.76. The van der Waals surface area contributed by atoms with Gasteiger partial charge in [0.1, 0.15) is 12.2 Å². The molecular weight excluding hydrogens is 304 g/mol. The van der Waals surface area contributed by atoms with Crippen LogP contribution in [0, 0.1) is 0 Å². The van der Waals surface area contributed by atoms with Crippen molar-refractivity contribution in [2.45, 2.75) is 25.0 Å². The number of allylic oxidation sites excluding steroid dienone is 5. The molecule has 2 aliphatic rings. The van der Waals surface area contributed by atoms with E-state index < -0.39 is 0 Å². The predicted octanol–water partition coefficient (Wildman–Crippen LogP) is 6.26. The normalized spacial score (nSPS) is 18.1. The quantitative estimate of drug-likeness (QED) is 0.609. The van der Waals surface area contributed by atoms with Crippen molar-refractivity contribution in [1.29, 1.82) is 0 Å². The number of hydrogen-bond acceptors (Lipinski definition) is 1. The van der Waals surface area contributed by atoms with Crippen molar-refractivity contribution >= 4 is 0 Å². The molecule has 0 bridgehead atoms. The fraction of sp³-hybridized carbons (Fsp3) is 0.167. The van der Waals surface area contributed by atoms with E-state index in [0.29, 0.717) is 0 Å². The highest BCUT2D eigenvalue weighted by Crippen LogP contribution is 2.39. The molecular formula is C24H22O. The van der Waals surface area contributed by atoms with Crippen LogP contribution in [0.15, 0.2) is 108 Å². The molecule has 2 aromatic carbocycles. The molecule has 0 radical (unpaired) electrons. The standard InChI is InChI=1S/C24H22O/c1-3-11-19(12-4-1)23(21-15-7-8-16-21)25-24(22-17-9-10-18-22)20-13-5-2-6-14-20/h1-9,11-15,17-18,23-24H,10,16H2. The summed E-state index contributed by atoms with van der Waals surface area (Å²) in [5.74, 6) is 0. The summed E-state index contributed by atoms with van der Waals surface area (Å²) in [6, 6.07) is 21.1. The molecule has 0 aromatic heterocycles. The molecule has 1 nitrogen and oxygen atoms in total. The Morgan fingerprint density at radius 1 is 0.760 bits per heavy atom. The molecule has 0 N–H and O–H groups in total. The van der Waals surface area contributed by atoms with Crippen molar-refractivity contribution in [3.05, 3.63) is 119 Å². The van der Waals surface area contributed by atoms with Crippen LogP contribution in [-0.2, 0) is 4.74 Å². The Morgan fingerprint density at radius 3 is 2.00 bits per heavy atom. The molecule has 0 heterocycles. The van der Waals surface area contributed by atoms with Crippen LogP contribution in [0.2, 0.25) is 0 Å². The summed E-state index contributed by atoms with van der Waals surface area (Å²) in [5.41, 5.74) is 4.97. The van der Waals surface area contributed by atoms with Crippen molar-refractivity contribution in [2.24, 2.45) is 0 Å². The van der Waals surface area contributed by atoms with Crippen LogP contribution in [0.3, 0.4) is 0 Å². The fourth-order valence-corrected chi connectivity index (χ4v) is 3.45. The SMILES string of the molecule is C1=CCC(C(OC(C2=CCC=C2)c2ccccc2)c2ccccc2)=C1. The average Bonchev–Trinajstić information content (AvgIpc) is 3.38. The first kappa shape index (κ1) is 15.9. The van der Waals surface area contributed by atoms with Crippen LogP contribution in [0.1, 0.15) is 36.2 Å². The smallest absolute Gasteiger partial charge is 0.109 e. The fourth-order valence-electron chi connectivity index (χ4n) is 3.45. The first-order valence-corrected chi connectivity index (χ1v) is 8.89. The average molecular weight is 326 g/mol. The zero-order valence-electron chi connectivity index (χ0n) is 14.2. The summed E-state index contributed by atoms with van der Waals surface area (Å²) >= 11 is 0. The second-order valence-corrected chi connectivity index (χ2v) is 6.43. The van der Waals surface area contributed by atoms with Gasteiger partial charge < -0.3 is 4.74 Å². The van der Waals surface area contributed by atoms with E-state index in [2.05, 4.69) is 97.1 Å². The summed E-state index contributed by atoms with van der Waals surface area (Å²) in [6.07, 6.45) is 15.0. The van der Waals surface area contributed by atoms with Crippen LogP contribution in [0.25, 0.3) is 0 Å². The Hall–Kier alpha value is -2.64. The number of benzene rings is 2. The van der Waals surface area contributed by atoms with Gasteiger partial charge in [-0.2, -0.15) is 0 Å².